The van der Waals surface area contributed by atoms with Gasteiger partial charge in [0, 0.05) is 71.7 Å². The smallest absolute Gasteiger partial charge is 0.219 e. The Kier molecular flexibility index (Phi) is 5.72. The number of aryl methyl sites for hydroxylation is 2. The second-order valence-electron chi connectivity index (χ2n) is 9.11. The standard InChI is InChI=1S/C17H16ClN5.C7H11NO2S/c1-10-16-14(9-22(10)3)23-11(2)20-21-15(23)8-19-17(16)12-4-6-13(18)7-5-12;1-6(9)8-4-7(5-8)2-3-11(7)10/h4-7,9H,8H2,1-3H3;2-5H2,1H3. The molecule has 34 heavy (non-hydrogen) atoms. The third-order valence-electron chi connectivity index (χ3n) is 6.96. The molecular weight excluding hydrogens is 472 g/mol. The first-order valence-corrected chi connectivity index (χ1v) is 12.9. The van der Waals surface area contributed by atoms with Crippen molar-refractivity contribution in [3.63, 3.8) is 0 Å². The molecule has 0 aliphatic carbocycles. The first kappa shape index (κ1) is 23.0. The monoisotopic (exact) mass is 498 g/mol. The van der Waals surface area contributed by atoms with Gasteiger partial charge < -0.3 is 9.47 Å². The normalized spacial score (nSPS) is 19.6. The number of hydrogen-bond donors (Lipinski definition) is 0. The summed E-state index contributed by atoms with van der Waals surface area (Å²) >= 11 is 6.03. The maximum Gasteiger partial charge on any atom is 0.219 e. The quantitative estimate of drug-likeness (QED) is 0.516. The highest BCUT2D eigenvalue weighted by atomic mass is 35.5. The number of nitrogens with zero attached hydrogens (tertiary/aromatic N) is 6. The zero-order valence-electron chi connectivity index (χ0n) is 19.7. The molecule has 1 unspecified atom stereocenters. The number of fused-ring (bicyclic) bond motifs is 3. The number of carbonyl (C=O) groups excluding carboxylic acids is 1. The van der Waals surface area contributed by atoms with E-state index >= 15 is 0 Å². The Morgan fingerprint density at radius 1 is 1.15 bits per heavy atom. The van der Waals surface area contributed by atoms with E-state index in [4.69, 9.17) is 16.6 Å². The topological polar surface area (TPSA) is 85.4 Å². The van der Waals surface area contributed by atoms with Crippen LogP contribution in [0.2, 0.25) is 5.02 Å². The highest BCUT2D eigenvalue weighted by Gasteiger charge is 2.54. The Bertz CT molecular complexity index is 1330. The molecule has 3 aromatic rings. The molecule has 0 saturated carbocycles. The van der Waals surface area contributed by atoms with Crippen molar-refractivity contribution in [1.29, 1.82) is 0 Å². The van der Waals surface area contributed by atoms with Gasteiger partial charge in [0.15, 0.2) is 5.82 Å². The van der Waals surface area contributed by atoms with Crippen molar-refractivity contribution in [2.75, 3.05) is 18.8 Å². The fourth-order valence-corrected chi connectivity index (χ4v) is 6.38. The lowest BCUT2D eigenvalue weighted by molar-refractivity contribution is -0.134. The summed E-state index contributed by atoms with van der Waals surface area (Å²) in [7, 11) is 1.40. The third-order valence-corrected chi connectivity index (χ3v) is 9.21. The molecule has 178 valence electrons. The van der Waals surface area contributed by atoms with Crippen LogP contribution in [0, 0.1) is 13.8 Å². The van der Waals surface area contributed by atoms with Gasteiger partial charge in [0.25, 0.3) is 0 Å². The minimum atomic E-state index is -0.640. The minimum absolute atomic E-state index is 0.0334. The SMILES string of the molecule is CC(=O)N1CC2(CCS2=O)C1.Cc1c2c(cn1C)-n1c(C)nnc1CN=C2c1ccc(Cl)cc1. The van der Waals surface area contributed by atoms with E-state index in [-0.39, 0.29) is 10.7 Å². The molecule has 2 saturated heterocycles. The minimum Gasteiger partial charge on any atom is -0.352 e. The second-order valence-corrected chi connectivity index (χ2v) is 11.5. The van der Waals surface area contributed by atoms with Gasteiger partial charge in [-0.15, -0.1) is 10.2 Å². The van der Waals surface area contributed by atoms with Crippen LogP contribution in [-0.2, 0) is 29.2 Å². The van der Waals surface area contributed by atoms with E-state index in [1.165, 1.54) is 0 Å². The lowest BCUT2D eigenvalue weighted by Crippen LogP contribution is -2.70. The predicted molar refractivity (Wildman–Crippen MR) is 133 cm³/mol. The van der Waals surface area contributed by atoms with Crippen molar-refractivity contribution in [2.24, 2.45) is 12.0 Å². The van der Waals surface area contributed by atoms with Crippen LogP contribution in [0.1, 0.15) is 41.8 Å². The first-order chi connectivity index (χ1) is 16.2. The van der Waals surface area contributed by atoms with E-state index in [9.17, 15) is 9.00 Å². The molecule has 6 rings (SSSR count). The Morgan fingerprint density at radius 2 is 1.85 bits per heavy atom. The van der Waals surface area contributed by atoms with Crippen LogP contribution in [0.5, 0.6) is 0 Å². The number of amides is 1. The van der Waals surface area contributed by atoms with Crippen LogP contribution >= 0.6 is 11.6 Å². The number of likely N-dealkylation sites (tertiary alicyclic amines) is 1. The summed E-state index contributed by atoms with van der Waals surface area (Å²) < 4.78 is 15.4. The Labute approximate surface area is 206 Å². The van der Waals surface area contributed by atoms with Crippen molar-refractivity contribution in [3.05, 3.63) is 64.0 Å². The third kappa shape index (κ3) is 3.71. The van der Waals surface area contributed by atoms with Crippen molar-refractivity contribution >= 4 is 34.0 Å². The van der Waals surface area contributed by atoms with Crippen LogP contribution in [0.3, 0.4) is 0 Å². The van der Waals surface area contributed by atoms with E-state index < -0.39 is 10.8 Å². The molecule has 0 N–H and O–H groups in total. The first-order valence-electron chi connectivity index (χ1n) is 11.2. The van der Waals surface area contributed by atoms with Crippen molar-refractivity contribution in [3.8, 4) is 5.69 Å². The summed E-state index contributed by atoms with van der Waals surface area (Å²) in [6.07, 6.45) is 3.16. The Morgan fingerprint density at radius 3 is 2.44 bits per heavy atom. The molecule has 8 nitrogen and oxygen atoms in total. The molecular formula is C24H27ClN6O2S. The van der Waals surface area contributed by atoms with E-state index in [0.29, 0.717) is 6.54 Å². The van der Waals surface area contributed by atoms with Crippen LogP contribution < -0.4 is 0 Å². The van der Waals surface area contributed by atoms with E-state index in [0.717, 1.165) is 70.2 Å². The van der Waals surface area contributed by atoms with Gasteiger partial charge in [0.1, 0.15) is 12.4 Å². The summed E-state index contributed by atoms with van der Waals surface area (Å²) in [5, 5.41) is 9.20. The molecule has 3 aliphatic heterocycles. The van der Waals surface area contributed by atoms with Crippen LogP contribution in [0.25, 0.3) is 5.69 Å². The number of rotatable bonds is 1. The summed E-state index contributed by atoms with van der Waals surface area (Å²) in [5.74, 6) is 2.68. The lowest BCUT2D eigenvalue weighted by Gasteiger charge is -2.54. The summed E-state index contributed by atoms with van der Waals surface area (Å²) in [4.78, 5) is 17.4. The van der Waals surface area contributed by atoms with Crippen molar-refractivity contribution in [1.82, 2.24) is 24.2 Å². The fraction of sp³-hybridized carbons (Fsp3) is 0.417. The van der Waals surface area contributed by atoms with E-state index in [1.807, 2.05) is 38.2 Å². The summed E-state index contributed by atoms with van der Waals surface area (Å²) in [6, 6.07) is 7.81. The van der Waals surface area contributed by atoms with Gasteiger partial charge >= 0.3 is 0 Å². The molecule has 0 radical (unpaired) electrons. The van der Waals surface area contributed by atoms with E-state index in [2.05, 4.69) is 32.5 Å². The summed E-state index contributed by atoms with van der Waals surface area (Å²) in [6.45, 7) is 7.61. The van der Waals surface area contributed by atoms with Gasteiger partial charge in [0.2, 0.25) is 5.91 Å². The Balaban J connectivity index is 0.000000183. The maximum atomic E-state index is 11.2. The van der Waals surface area contributed by atoms with Crippen LogP contribution in [-0.4, -0.2) is 63.6 Å². The Hall–Kier alpha value is -2.78. The molecule has 1 spiro atoms. The van der Waals surface area contributed by atoms with Gasteiger partial charge in [-0.05, 0) is 32.4 Å². The molecule has 5 heterocycles. The lowest BCUT2D eigenvalue weighted by atomic mass is 9.95. The number of aromatic nitrogens is 4. The van der Waals surface area contributed by atoms with Gasteiger partial charge in [-0.25, -0.2) is 0 Å². The molecule has 3 aliphatic rings. The average molecular weight is 499 g/mol. The zero-order valence-corrected chi connectivity index (χ0v) is 21.3. The number of halogens is 1. The van der Waals surface area contributed by atoms with Crippen molar-refractivity contribution in [2.45, 2.75) is 38.5 Å². The number of aliphatic imine (C=N–C) groups is 1. The van der Waals surface area contributed by atoms with Gasteiger partial charge in [-0.1, -0.05) is 23.7 Å². The molecule has 1 aromatic carbocycles. The van der Waals surface area contributed by atoms with Crippen LogP contribution in [0.4, 0.5) is 0 Å². The predicted octanol–water partition coefficient (Wildman–Crippen LogP) is 2.97. The summed E-state index contributed by atoms with van der Waals surface area (Å²) in [5.41, 5.74) is 5.39. The number of benzene rings is 1. The van der Waals surface area contributed by atoms with Crippen LogP contribution in [0.15, 0.2) is 35.5 Å². The maximum absolute atomic E-state index is 11.2. The highest BCUT2D eigenvalue weighted by Crippen LogP contribution is 2.38. The molecule has 10 heteroatoms. The van der Waals surface area contributed by atoms with Crippen molar-refractivity contribution < 1.29 is 9.00 Å². The average Bonchev–Trinajstić information content (AvgIpc) is 3.21. The molecule has 2 aromatic heterocycles. The molecule has 2 fully saturated rings. The van der Waals surface area contributed by atoms with E-state index in [1.54, 1.807) is 11.8 Å². The molecule has 1 atom stereocenters. The highest BCUT2D eigenvalue weighted by molar-refractivity contribution is 7.88. The van der Waals surface area contributed by atoms with Gasteiger partial charge in [0.05, 0.1) is 16.1 Å². The number of carbonyl (C=O) groups is 1. The fourth-order valence-electron chi connectivity index (χ4n) is 4.71. The number of hydrogen-bond acceptors (Lipinski definition) is 5. The molecule has 0 bridgehead atoms. The van der Waals surface area contributed by atoms with Gasteiger partial charge in [-0.3, -0.25) is 18.6 Å². The molecule has 1 amide bonds. The van der Waals surface area contributed by atoms with Gasteiger partial charge in [-0.2, -0.15) is 0 Å². The zero-order chi connectivity index (χ0) is 24.2. The largest absolute Gasteiger partial charge is 0.352 e. The second kappa shape index (κ2) is 8.46.